The third kappa shape index (κ3) is 4.62. The maximum atomic E-state index is 12.3. The van der Waals surface area contributed by atoms with Crippen molar-refractivity contribution in [3.05, 3.63) is 76.4 Å². The lowest BCUT2D eigenvalue weighted by Crippen LogP contribution is -2.16. The third-order valence-electron chi connectivity index (χ3n) is 7.41. The standard InChI is InChI=1S/C30H28ClNO5/c31-22-15-26-25(36-17-37-26)14-20(22)13-21-24(35-16-18-7-3-1-4-8-18)12-11-23-28(21)27(29(32-23)30(33)34)19-9-5-2-6-10-19/h2,5-6,9-12,14-15,18,32H,1,3-4,7-8,13,16-17H2,(H,33,34). The average Bonchev–Trinajstić information content (AvgIpc) is 3.54. The van der Waals surface area contributed by atoms with Gasteiger partial charge in [-0.3, -0.25) is 0 Å². The fourth-order valence-corrected chi connectivity index (χ4v) is 5.77. The maximum Gasteiger partial charge on any atom is 0.352 e. The summed E-state index contributed by atoms with van der Waals surface area (Å²) in [4.78, 5) is 15.5. The smallest absolute Gasteiger partial charge is 0.352 e. The Kier molecular flexibility index (Phi) is 6.43. The van der Waals surface area contributed by atoms with Crippen molar-refractivity contribution in [2.24, 2.45) is 5.92 Å². The number of benzene rings is 3. The third-order valence-corrected chi connectivity index (χ3v) is 7.77. The predicted octanol–water partition coefficient (Wildman–Crippen LogP) is 7.47. The van der Waals surface area contributed by atoms with Crippen molar-refractivity contribution in [1.82, 2.24) is 4.98 Å². The molecule has 2 N–H and O–H groups in total. The molecule has 0 unspecified atom stereocenters. The second kappa shape index (κ2) is 10.0. The van der Waals surface area contributed by atoms with Crippen molar-refractivity contribution in [2.75, 3.05) is 13.4 Å². The molecule has 0 bridgehead atoms. The maximum absolute atomic E-state index is 12.3. The van der Waals surface area contributed by atoms with E-state index >= 15 is 0 Å². The molecule has 6 rings (SSSR count). The zero-order valence-corrected chi connectivity index (χ0v) is 21.1. The molecule has 1 aliphatic heterocycles. The highest BCUT2D eigenvalue weighted by Gasteiger charge is 2.25. The van der Waals surface area contributed by atoms with Crippen molar-refractivity contribution in [1.29, 1.82) is 0 Å². The van der Waals surface area contributed by atoms with Crippen LogP contribution < -0.4 is 14.2 Å². The zero-order chi connectivity index (χ0) is 25.4. The Morgan fingerprint density at radius 1 is 1.03 bits per heavy atom. The van der Waals surface area contributed by atoms with E-state index in [4.69, 9.17) is 25.8 Å². The number of aromatic carboxylic acids is 1. The summed E-state index contributed by atoms with van der Waals surface area (Å²) in [5, 5.41) is 11.5. The number of halogens is 1. The number of carboxylic acids is 1. The van der Waals surface area contributed by atoms with Gasteiger partial charge < -0.3 is 24.3 Å². The summed E-state index contributed by atoms with van der Waals surface area (Å²) >= 11 is 6.69. The first-order valence-corrected chi connectivity index (χ1v) is 13.1. The highest BCUT2D eigenvalue weighted by atomic mass is 35.5. The summed E-state index contributed by atoms with van der Waals surface area (Å²) in [7, 11) is 0. The van der Waals surface area contributed by atoms with Crippen molar-refractivity contribution in [2.45, 2.75) is 38.5 Å². The lowest BCUT2D eigenvalue weighted by molar-refractivity contribution is 0.0692. The molecule has 0 radical (unpaired) electrons. The van der Waals surface area contributed by atoms with E-state index in [0.717, 1.165) is 33.3 Å². The van der Waals surface area contributed by atoms with Crippen molar-refractivity contribution in [3.63, 3.8) is 0 Å². The molecule has 1 aliphatic carbocycles. The van der Waals surface area contributed by atoms with E-state index in [-0.39, 0.29) is 12.5 Å². The van der Waals surface area contributed by atoms with Gasteiger partial charge in [0.15, 0.2) is 11.5 Å². The van der Waals surface area contributed by atoms with E-state index in [1.54, 1.807) is 6.07 Å². The van der Waals surface area contributed by atoms with Crippen LogP contribution in [0.25, 0.3) is 22.0 Å². The van der Waals surface area contributed by atoms with Crippen molar-refractivity contribution >= 4 is 28.5 Å². The van der Waals surface area contributed by atoms with Crippen LogP contribution in [0.5, 0.6) is 17.2 Å². The Balaban J connectivity index is 1.51. The van der Waals surface area contributed by atoms with Crippen LogP contribution >= 0.6 is 11.6 Å². The van der Waals surface area contributed by atoms with Crippen LogP contribution in [-0.2, 0) is 6.42 Å². The van der Waals surface area contributed by atoms with E-state index in [9.17, 15) is 9.90 Å². The van der Waals surface area contributed by atoms with E-state index in [1.807, 2.05) is 48.5 Å². The predicted molar refractivity (Wildman–Crippen MR) is 143 cm³/mol. The van der Waals surface area contributed by atoms with Gasteiger partial charge in [0, 0.05) is 39.5 Å². The number of rotatable bonds is 7. The molecule has 0 atom stereocenters. The van der Waals surface area contributed by atoms with Gasteiger partial charge in [-0.05, 0) is 48.1 Å². The highest BCUT2D eigenvalue weighted by molar-refractivity contribution is 6.31. The van der Waals surface area contributed by atoms with Gasteiger partial charge in [0.2, 0.25) is 6.79 Å². The fourth-order valence-electron chi connectivity index (χ4n) is 5.55. The average molecular weight is 518 g/mol. The lowest BCUT2D eigenvalue weighted by atomic mass is 9.90. The molecule has 0 amide bonds. The summed E-state index contributed by atoms with van der Waals surface area (Å²) in [6.07, 6.45) is 6.57. The summed E-state index contributed by atoms with van der Waals surface area (Å²) < 4.78 is 17.6. The molecule has 0 spiro atoms. The molecule has 3 aromatic carbocycles. The number of aromatic amines is 1. The molecule has 2 heterocycles. The summed E-state index contributed by atoms with van der Waals surface area (Å²) in [5.74, 6) is 1.55. The molecule has 37 heavy (non-hydrogen) atoms. The number of aromatic nitrogens is 1. The number of hydrogen-bond acceptors (Lipinski definition) is 4. The van der Waals surface area contributed by atoms with Gasteiger partial charge in [0.05, 0.1) is 6.61 Å². The number of hydrogen-bond donors (Lipinski definition) is 2. The van der Waals surface area contributed by atoms with Crippen LogP contribution in [0.15, 0.2) is 54.6 Å². The van der Waals surface area contributed by atoms with Gasteiger partial charge >= 0.3 is 5.97 Å². The van der Waals surface area contributed by atoms with Crippen LogP contribution in [0.4, 0.5) is 0 Å². The largest absolute Gasteiger partial charge is 0.493 e. The first kappa shape index (κ1) is 23.7. The highest BCUT2D eigenvalue weighted by Crippen LogP contribution is 2.43. The summed E-state index contributed by atoms with van der Waals surface area (Å²) in [6.45, 7) is 0.808. The Bertz CT molecular complexity index is 1460. The Labute approximate surface area is 220 Å². The number of carbonyl (C=O) groups is 1. The molecule has 7 heteroatoms. The molecule has 1 fully saturated rings. The molecular weight excluding hydrogens is 490 g/mol. The normalized spacial score (nSPS) is 15.3. The van der Waals surface area contributed by atoms with E-state index in [0.29, 0.717) is 41.0 Å². The van der Waals surface area contributed by atoms with E-state index in [2.05, 4.69) is 4.98 Å². The van der Waals surface area contributed by atoms with Crippen LogP contribution in [0.1, 0.15) is 53.7 Å². The Morgan fingerprint density at radius 2 is 1.78 bits per heavy atom. The topological polar surface area (TPSA) is 80.8 Å². The second-order valence-electron chi connectivity index (χ2n) is 9.80. The Hall–Kier alpha value is -3.64. The molecule has 0 saturated heterocycles. The molecule has 1 aromatic heterocycles. The van der Waals surface area contributed by atoms with Crippen LogP contribution in [-0.4, -0.2) is 29.5 Å². The van der Waals surface area contributed by atoms with Gasteiger partial charge in [-0.15, -0.1) is 0 Å². The first-order chi connectivity index (χ1) is 18.1. The van der Waals surface area contributed by atoms with Crippen molar-refractivity contribution < 1.29 is 24.1 Å². The monoisotopic (exact) mass is 517 g/mol. The zero-order valence-electron chi connectivity index (χ0n) is 20.4. The SMILES string of the molecule is O=C(O)c1[nH]c2ccc(OCC3CCCCC3)c(Cc3cc4c(cc3Cl)OCO4)c2c1-c1ccccc1. The van der Waals surface area contributed by atoms with Crippen LogP contribution in [0.3, 0.4) is 0 Å². The van der Waals surface area contributed by atoms with E-state index < -0.39 is 5.97 Å². The minimum Gasteiger partial charge on any atom is -0.493 e. The summed E-state index contributed by atoms with van der Waals surface area (Å²) in [5.41, 5.74) is 4.14. The number of ether oxygens (including phenoxy) is 3. The second-order valence-corrected chi connectivity index (χ2v) is 10.2. The molecular formula is C30H28ClNO5. The first-order valence-electron chi connectivity index (χ1n) is 12.8. The number of carboxylic acid groups (broad SMARTS) is 1. The number of fused-ring (bicyclic) bond motifs is 2. The van der Waals surface area contributed by atoms with Gasteiger partial charge in [0.1, 0.15) is 11.4 Å². The minimum absolute atomic E-state index is 0.156. The minimum atomic E-state index is -1.01. The lowest BCUT2D eigenvalue weighted by Gasteiger charge is -2.23. The van der Waals surface area contributed by atoms with Crippen LogP contribution in [0.2, 0.25) is 5.02 Å². The fraction of sp³-hybridized carbons (Fsp3) is 0.300. The number of H-pyrrole nitrogens is 1. The molecule has 1 saturated carbocycles. The molecule has 4 aromatic rings. The van der Waals surface area contributed by atoms with Gasteiger partial charge in [0.25, 0.3) is 0 Å². The summed E-state index contributed by atoms with van der Waals surface area (Å²) in [6, 6.07) is 17.2. The Morgan fingerprint density at radius 3 is 2.54 bits per heavy atom. The molecule has 6 nitrogen and oxygen atoms in total. The quantitative estimate of drug-likeness (QED) is 0.266. The van der Waals surface area contributed by atoms with E-state index in [1.165, 1.54) is 32.1 Å². The van der Waals surface area contributed by atoms with Crippen LogP contribution in [0, 0.1) is 5.92 Å². The molecule has 2 aliphatic rings. The number of nitrogens with one attached hydrogen (secondary N) is 1. The molecule has 190 valence electrons. The van der Waals surface area contributed by atoms with Gasteiger partial charge in [-0.25, -0.2) is 4.79 Å². The van der Waals surface area contributed by atoms with Crippen molar-refractivity contribution in [3.8, 4) is 28.4 Å². The van der Waals surface area contributed by atoms with Gasteiger partial charge in [-0.1, -0.05) is 61.2 Å². The van der Waals surface area contributed by atoms with Gasteiger partial charge in [-0.2, -0.15) is 0 Å².